The standard InChI is InChI=1S/C16H24N2O4S/c1-11-7-13(21-5)8-12(2)16(11)23-18(4)9-14(19)17(3)10-15(20)22-6/h7-8H,9-10H2,1-6H3. The van der Waals surface area contributed by atoms with Crippen LogP contribution in [0.15, 0.2) is 17.0 Å². The number of hydrogen-bond donors (Lipinski definition) is 0. The number of carbonyl (C=O) groups excluding carboxylic acids is 2. The highest BCUT2D eigenvalue weighted by molar-refractivity contribution is 7.97. The van der Waals surface area contributed by atoms with Crippen molar-refractivity contribution in [3.05, 3.63) is 23.3 Å². The average Bonchev–Trinajstić information content (AvgIpc) is 2.50. The van der Waals surface area contributed by atoms with Gasteiger partial charge in [-0.3, -0.25) is 9.59 Å². The number of nitrogens with zero attached hydrogens (tertiary/aromatic N) is 2. The molecule has 0 radical (unpaired) electrons. The van der Waals surface area contributed by atoms with Gasteiger partial charge in [0.25, 0.3) is 0 Å². The van der Waals surface area contributed by atoms with Gasteiger partial charge in [0.05, 0.1) is 20.8 Å². The third kappa shape index (κ3) is 5.76. The largest absolute Gasteiger partial charge is 0.497 e. The second-order valence-electron chi connectivity index (χ2n) is 5.29. The molecule has 1 aromatic rings. The molecule has 0 atom stereocenters. The van der Waals surface area contributed by atoms with Crippen LogP contribution in [-0.4, -0.2) is 62.5 Å². The van der Waals surface area contributed by atoms with E-state index in [9.17, 15) is 9.59 Å². The minimum Gasteiger partial charge on any atom is -0.497 e. The summed E-state index contributed by atoms with van der Waals surface area (Å²) in [5.74, 6) is 0.244. The van der Waals surface area contributed by atoms with Crippen LogP contribution in [0.4, 0.5) is 0 Å². The number of ether oxygens (including phenoxy) is 2. The van der Waals surface area contributed by atoms with Gasteiger partial charge >= 0.3 is 5.97 Å². The van der Waals surface area contributed by atoms with Crippen LogP contribution in [0, 0.1) is 13.8 Å². The molecule has 23 heavy (non-hydrogen) atoms. The molecule has 0 N–H and O–H groups in total. The predicted molar refractivity (Wildman–Crippen MR) is 90.6 cm³/mol. The molecule has 0 spiro atoms. The molecule has 0 heterocycles. The summed E-state index contributed by atoms with van der Waals surface area (Å²) in [4.78, 5) is 25.8. The maximum Gasteiger partial charge on any atom is 0.325 e. The number of esters is 1. The third-order valence-corrected chi connectivity index (χ3v) is 4.56. The van der Waals surface area contributed by atoms with Crippen LogP contribution in [0.25, 0.3) is 0 Å². The number of benzene rings is 1. The first kappa shape index (κ1) is 19.3. The van der Waals surface area contributed by atoms with E-state index < -0.39 is 5.97 Å². The predicted octanol–water partition coefficient (Wildman–Crippen LogP) is 1.88. The molecule has 0 saturated heterocycles. The van der Waals surface area contributed by atoms with Crippen LogP contribution >= 0.6 is 11.9 Å². The lowest BCUT2D eigenvalue weighted by Crippen LogP contribution is -2.37. The minimum atomic E-state index is -0.432. The Morgan fingerprint density at radius 1 is 1.09 bits per heavy atom. The Morgan fingerprint density at radius 2 is 1.65 bits per heavy atom. The van der Waals surface area contributed by atoms with E-state index in [2.05, 4.69) is 4.74 Å². The molecule has 0 bridgehead atoms. The quantitative estimate of drug-likeness (QED) is 0.558. The Labute approximate surface area is 141 Å². The number of methoxy groups -OCH3 is 2. The van der Waals surface area contributed by atoms with Crippen LogP contribution in [0.1, 0.15) is 11.1 Å². The van der Waals surface area contributed by atoms with Crippen LogP contribution in [0.5, 0.6) is 5.75 Å². The molecule has 0 aromatic heterocycles. The van der Waals surface area contributed by atoms with Gasteiger partial charge in [0.2, 0.25) is 5.91 Å². The first-order valence-electron chi connectivity index (χ1n) is 7.13. The molecule has 0 aliphatic heterocycles. The Hall–Kier alpha value is -1.73. The number of rotatable bonds is 7. The fourth-order valence-electron chi connectivity index (χ4n) is 2.02. The zero-order chi connectivity index (χ0) is 17.6. The molecule has 0 unspecified atom stereocenters. The molecule has 1 aromatic carbocycles. The topological polar surface area (TPSA) is 59.1 Å². The van der Waals surface area contributed by atoms with Gasteiger partial charge in [0.1, 0.15) is 12.3 Å². The van der Waals surface area contributed by atoms with Gasteiger partial charge in [-0.2, -0.15) is 0 Å². The van der Waals surface area contributed by atoms with Crippen LogP contribution in [-0.2, 0) is 14.3 Å². The Morgan fingerprint density at radius 3 is 2.13 bits per heavy atom. The first-order chi connectivity index (χ1) is 10.8. The van der Waals surface area contributed by atoms with E-state index in [1.54, 1.807) is 14.2 Å². The lowest BCUT2D eigenvalue weighted by atomic mass is 10.1. The maximum atomic E-state index is 12.1. The molecule has 0 saturated carbocycles. The van der Waals surface area contributed by atoms with Crippen molar-refractivity contribution in [3.63, 3.8) is 0 Å². The average molecular weight is 340 g/mol. The molecule has 1 amide bonds. The van der Waals surface area contributed by atoms with Crippen molar-refractivity contribution < 1.29 is 19.1 Å². The highest BCUT2D eigenvalue weighted by Crippen LogP contribution is 2.31. The normalized spacial score (nSPS) is 10.6. The lowest BCUT2D eigenvalue weighted by Gasteiger charge is -2.22. The molecule has 7 heteroatoms. The van der Waals surface area contributed by atoms with Gasteiger partial charge in [-0.25, -0.2) is 4.31 Å². The fourth-order valence-corrected chi connectivity index (χ4v) is 2.91. The molecule has 128 valence electrons. The molecule has 1 rings (SSSR count). The molecular formula is C16H24N2O4S. The summed E-state index contributed by atoms with van der Waals surface area (Å²) in [6.07, 6.45) is 0. The zero-order valence-corrected chi connectivity index (χ0v) is 15.3. The highest BCUT2D eigenvalue weighted by Gasteiger charge is 2.17. The Balaban J connectivity index is 2.68. The summed E-state index contributed by atoms with van der Waals surface area (Å²) in [6.45, 7) is 4.17. The number of aryl methyl sites for hydroxylation is 2. The summed E-state index contributed by atoms with van der Waals surface area (Å²) in [6, 6.07) is 3.93. The van der Waals surface area contributed by atoms with Gasteiger partial charge in [-0.15, -0.1) is 0 Å². The van der Waals surface area contributed by atoms with Gasteiger partial charge < -0.3 is 14.4 Å². The Kier molecular flexibility index (Phi) is 7.38. The van der Waals surface area contributed by atoms with Crippen molar-refractivity contribution in [3.8, 4) is 5.75 Å². The second kappa shape index (κ2) is 8.79. The summed E-state index contributed by atoms with van der Waals surface area (Å²) in [7, 11) is 6.38. The van der Waals surface area contributed by atoms with E-state index in [0.717, 1.165) is 21.8 Å². The maximum absolute atomic E-state index is 12.1. The third-order valence-electron chi connectivity index (χ3n) is 3.29. The minimum absolute atomic E-state index is 0.0472. The SMILES string of the molecule is COC(=O)CN(C)C(=O)CN(C)Sc1c(C)cc(OC)cc1C. The summed E-state index contributed by atoms with van der Waals surface area (Å²) < 4.78 is 11.7. The first-order valence-corrected chi connectivity index (χ1v) is 7.91. The van der Waals surface area contributed by atoms with Gasteiger partial charge in [-0.05, 0) is 56.1 Å². The van der Waals surface area contributed by atoms with E-state index in [-0.39, 0.29) is 19.0 Å². The lowest BCUT2D eigenvalue weighted by molar-refractivity contribution is -0.146. The molecule has 6 nitrogen and oxygen atoms in total. The van der Waals surface area contributed by atoms with Crippen molar-refractivity contribution in [1.82, 2.24) is 9.21 Å². The van der Waals surface area contributed by atoms with Crippen LogP contribution in [0.3, 0.4) is 0 Å². The fraction of sp³-hybridized carbons (Fsp3) is 0.500. The van der Waals surface area contributed by atoms with E-state index in [0.29, 0.717) is 0 Å². The molecular weight excluding hydrogens is 316 g/mol. The molecule has 0 aliphatic carbocycles. The molecule has 0 fully saturated rings. The molecule has 0 aliphatic rings. The number of hydrogen-bond acceptors (Lipinski definition) is 6. The van der Waals surface area contributed by atoms with E-state index in [4.69, 9.17) is 4.74 Å². The summed E-state index contributed by atoms with van der Waals surface area (Å²) >= 11 is 1.50. The number of amides is 1. The summed E-state index contributed by atoms with van der Waals surface area (Å²) in [5.41, 5.74) is 2.18. The van der Waals surface area contributed by atoms with E-state index >= 15 is 0 Å². The van der Waals surface area contributed by atoms with Crippen molar-refractivity contribution >= 4 is 23.8 Å². The highest BCUT2D eigenvalue weighted by atomic mass is 32.2. The van der Waals surface area contributed by atoms with Crippen LogP contribution in [0.2, 0.25) is 0 Å². The van der Waals surface area contributed by atoms with Crippen molar-refractivity contribution in [2.24, 2.45) is 0 Å². The summed E-state index contributed by atoms with van der Waals surface area (Å²) in [5, 5.41) is 0. The second-order valence-corrected chi connectivity index (χ2v) is 6.51. The van der Waals surface area contributed by atoms with Crippen molar-refractivity contribution in [1.29, 1.82) is 0 Å². The number of carbonyl (C=O) groups is 2. The smallest absolute Gasteiger partial charge is 0.325 e. The Bertz CT molecular complexity index is 554. The monoisotopic (exact) mass is 340 g/mol. The number of likely N-dealkylation sites (N-methyl/N-ethyl adjacent to an activating group) is 2. The van der Waals surface area contributed by atoms with Crippen LogP contribution < -0.4 is 4.74 Å². The van der Waals surface area contributed by atoms with E-state index in [1.807, 2.05) is 37.3 Å². The van der Waals surface area contributed by atoms with Crippen molar-refractivity contribution in [2.45, 2.75) is 18.7 Å². The van der Waals surface area contributed by atoms with Crippen molar-refractivity contribution in [2.75, 3.05) is 41.4 Å². The van der Waals surface area contributed by atoms with Gasteiger partial charge in [-0.1, -0.05) is 0 Å². The van der Waals surface area contributed by atoms with E-state index in [1.165, 1.54) is 24.0 Å². The zero-order valence-electron chi connectivity index (χ0n) is 14.5. The van der Waals surface area contributed by atoms with Gasteiger partial charge in [0, 0.05) is 11.9 Å². The van der Waals surface area contributed by atoms with Gasteiger partial charge in [0.15, 0.2) is 0 Å².